The van der Waals surface area contributed by atoms with Gasteiger partial charge in [-0.1, -0.05) is 0 Å². The second kappa shape index (κ2) is 3.99. The highest BCUT2D eigenvalue weighted by Gasteiger charge is 2.26. The van der Waals surface area contributed by atoms with Gasteiger partial charge < -0.3 is 10.2 Å². The molecule has 0 aliphatic heterocycles. The van der Waals surface area contributed by atoms with Gasteiger partial charge in [0.2, 0.25) is 0 Å². The predicted octanol–water partition coefficient (Wildman–Crippen LogP) is 1.13. The van der Waals surface area contributed by atoms with E-state index in [1.54, 1.807) is 0 Å². The van der Waals surface area contributed by atoms with Crippen molar-refractivity contribution in [1.29, 1.82) is 0 Å². The van der Waals surface area contributed by atoms with Gasteiger partial charge in [0.1, 0.15) is 10.7 Å². The van der Waals surface area contributed by atoms with Crippen LogP contribution < -0.4 is 0 Å². The lowest BCUT2D eigenvalue weighted by Gasteiger charge is -2.11. The molecule has 0 aliphatic carbocycles. The van der Waals surface area contributed by atoms with Gasteiger partial charge in [0.15, 0.2) is 21.4 Å². The SMILES string of the molecule is CC(O)c1cc(F)c(S(C)(=O)=O)c(F)c1O. The quantitative estimate of drug-likeness (QED) is 0.827. The Kier molecular flexibility index (Phi) is 3.20. The summed E-state index contributed by atoms with van der Waals surface area (Å²) in [5.74, 6) is -3.98. The second-order valence-corrected chi connectivity index (χ2v) is 5.34. The summed E-state index contributed by atoms with van der Waals surface area (Å²) >= 11 is 0. The van der Waals surface area contributed by atoms with Gasteiger partial charge in [-0.05, 0) is 13.0 Å². The molecule has 0 heterocycles. The number of aliphatic hydroxyl groups excluding tert-OH is 1. The van der Waals surface area contributed by atoms with Crippen molar-refractivity contribution in [3.63, 3.8) is 0 Å². The third-order valence-corrected chi connectivity index (χ3v) is 3.12. The normalized spacial score (nSPS) is 13.8. The molecule has 0 spiro atoms. The van der Waals surface area contributed by atoms with Crippen molar-refractivity contribution >= 4 is 9.84 Å². The van der Waals surface area contributed by atoms with Crippen LogP contribution in [-0.4, -0.2) is 24.9 Å². The number of sulfone groups is 1. The van der Waals surface area contributed by atoms with Gasteiger partial charge in [-0.25, -0.2) is 17.2 Å². The summed E-state index contributed by atoms with van der Waals surface area (Å²) in [6.45, 7) is 1.19. The standard InChI is InChI=1S/C9H10F2O4S/c1-4(12)5-3-6(10)9(16(2,14)15)7(11)8(5)13/h3-4,12-13H,1-2H3. The molecule has 0 aromatic heterocycles. The van der Waals surface area contributed by atoms with Gasteiger partial charge in [0.25, 0.3) is 0 Å². The summed E-state index contributed by atoms with van der Waals surface area (Å²) in [6.07, 6.45) is -0.687. The Labute approximate surface area is 91.1 Å². The third kappa shape index (κ3) is 2.14. The van der Waals surface area contributed by atoms with E-state index in [0.29, 0.717) is 12.3 Å². The Hall–Kier alpha value is -1.21. The Morgan fingerprint density at radius 3 is 2.25 bits per heavy atom. The Bertz CT molecular complexity index is 523. The molecule has 1 aromatic rings. The third-order valence-electron chi connectivity index (χ3n) is 2.00. The van der Waals surface area contributed by atoms with E-state index in [-0.39, 0.29) is 0 Å². The smallest absolute Gasteiger partial charge is 0.186 e. The minimum Gasteiger partial charge on any atom is -0.505 e. The summed E-state index contributed by atoms with van der Waals surface area (Å²) in [7, 11) is -4.12. The van der Waals surface area contributed by atoms with Crippen LogP contribution in [0.4, 0.5) is 8.78 Å². The zero-order valence-corrected chi connectivity index (χ0v) is 9.35. The second-order valence-electron chi connectivity index (χ2n) is 3.39. The van der Waals surface area contributed by atoms with Crippen molar-refractivity contribution in [1.82, 2.24) is 0 Å². The summed E-state index contributed by atoms with van der Waals surface area (Å²) in [4.78, 5) is -1.20. The number of aromatic hydroxyl groups is 1. The molecule has 1 rings (SSSR count). The fraction of sp³-hybridized carbons (Fsp3) is 0.333. The molecule has 2 N–H and O–H groups in total. The van der Waals surface area contributed by atoms with Crippen molar-refractivity contribution in [3.8, 4) is 5.75 Å². The first-order chi connectivity index (χ1) is 7.16. The maximum absolute atomic E-state index is 13.4. The van der Waals surface area contributed by atoms with Crippen molar-refractivity contribution in [2.75, 3.05) is 6.26 Å². The first-order valence-corrected chi connectivity index (χ1v) is 6.14. The topological polar surface area (TPSA) is 74.6 Å². The number of benzene rings is 1. The van der Waals surface area contributed by atoms with E-state index in [9.17, 15) is 22.3 Å². The summed E-state index contributed by atoms with van der Waals surface area (Å²) in [5, 5.41) is 18.4. The van der Waals surface area contributed by atoms with Crippen LogP contribution >= 0.6 is 0 Å². The van der Waals surface area contributed by atoms with E-state index in [0.717, 1.165) is 0 Å². The van der Waals surface area contributed by atoms with Crippen LogP contribution in [0.2, 0.25) is 0 Å². The maximum Gasteiger partial charge on any atom is 0.186 e. The lowest BCUT2D eigenvalue weighted by molar-refractivity contribution is 0.192. The molecule has 0 radical (unpaired) electrons. The van der Waals surface area contributed by atoms with Crippen molar-refractivity contribution in [2.24, 2.45) is 0 Å². The van der Waals surface area contributed by atoms with E-state index in [1.807, 2.05) is 0 Å². The number of hydrogen-bond acceptors (Lipinski definition) is 4. The molecule has 1 unspecified atom stereocenters. The minimum atomic E-state index is -4.12. The molecule has 0 fully saturated rings. The first kappa shape index (κ1) is 12.9. The van der Waals surface area contributed by atoms with Crippen LogP contribution in [-0.2, 0) is 9.84 Å². The molecule has 4 nitrogen and oxygen atoms in total. The zero-order chi connectivity index (χ0) is 12.7. The van der Waals surface area contributed by atoms with E-state index >= 15 is 0 Å². The van der Waals surface area contributed by atoms with Crippen molar-refractivity contribution in [2.45, 2.75) is 17.9 Å². The fourth-order valence-corrected chi connectivity index (χ4v) is 2.10. The number of rotatable bonds is 2. The highest BCUT2D eigenvalue weighted by atomic mass is 32.2. The molecule has 0 aliphatic rings. The van der Waals surface area contributed by atoms with Crippen LogP contribution in [0.25, 0.3) is 0 Å². The van der Waals surface area contributed by atoms with Crippen molar-refractivity contribution < 1.29 is 27.4 Å². The number of halogens is 2. The number of aliphatic hydroxyl groups is 1. The molecule has 1 aromatic carbocycles. The highest BCUT2D eigenvalue weighted by Crippen LogP contribution is 2.33. The minimum absolute atomic E-state index is 0.401. The summed E-state index contributed by atoms with van der Waals surface area (Å²) < 4.78 is 48.8. The molecule has 7 heteroatoms. The van der Waals surface area contributed by atoms with Gasteiger partial charge in [-0.2, -0.15) is 0 Å². The predicted molar refractivity (Wildman–Crippen MR) is 51.8 cm³/mol. The van der Waals surface area contributed by atoms with Gasteiger partial charge in [0, 0.05) is 11.8 Å². The monoisotopic (exact) mass is 252 g/mol. The van der Waals surface area contributed by atoms with Crippen LogP contribution in [0.3, 0.4) is 0 Å². The maximum atomic E-state index is 13.4. The average Bonchev–Trinajstić information content (AvgIpc) is 2.08. The fourth-order valence-electron chi connectivity index (χ4n) is 1.27. The molecule has 0 bridgehead atoms. The largest absolute Gasteiger partial charge is 0.505 e. The average molecular weight is 252 g/mol. The first-order valence-electron chi connectivity index (χ1n) is 4.25. The van der Waals surface area contributed by atoms with Gasteiger partial charge in [0.05, 0.1) is 6.10 Å². The van der Waals surface area contributed by atoms with Gasteiger partial charge >= 0.3 is 0 Å². The van der Waals surface area contributed by atoms with E-state index in [4.69, 9.17) is 5.11 Å². The molecule has 0 amide bonds. The van der Waals surface area contributed by atoms with Gasteiger partial charge in [-0.3, -0.25) is 0 Å². The Morgan fingerprint density at radius 1 is 1.38 bits per heavy atom. The Morgan fingerprint density at radius 2 is 1.88 bits per heavy atom. The molecule has 1 atom stereocenters. The molecular formula is C9H10F2O4S. The molecule has 0 saturated heterocycles. The molecular weight excluding hydrogens is 242 g/mol. The van der Waals surface area contributed by atoms with E-state index in [2.05, 4.69) is 0 Å². The number of phenolic OH excluding ortho intramolecular Hbond substituents is 1. The lowest BCUT2D eigenvalue weighted by Crippen LogP contribution is -2.07. The molecule has 90 valence electrons. The van der Waals surface area contributed by atoms with Gasteiger partial charge in [-0.15, -0.1) is 0 Å². The van der Waals surface area contributed by atoms with Crippen LogP contribution in [0.15, 0.2) is 11.0 Å². The van der Waals surface area contributed by atoms with Crippen LogP contribution in [0.1, 0.15) is 18.6 Å². The van der Waals surface area contributed by atoms with E-state index in [1.165, 1.54) is 6.92 Å². The zero-order valence-electron chi connectivity index (χ0n) is 8.53. The molecule has 16 heavy (non-hydrogen) atoms. The number of phenols is 1. The van der Waals surface area contributed by atoms with E-state index < -0.39 is 43.8 Å². The number of hydrogen-bond donors (Lipinski definition) is 2. The lowest BCUT2D eigenvalue weighted by atomic mass is 10.1. The Balaban J connectivity index is 3.66. The van der Waals surface area contributed by atoms with Crippen LogP contribution in [0.5, 0.6) is 5.75 Å². The molecule has 0 saturated carbocycles. The summed E-state index contributed by atoms with van der Waals surface area (Å²) in [6, 6.07) is 0.597. The summed E-state index contributed by atoms with van der Waals surface area (Å²) in [5.41, 5.74) is -0.401. The van der Waals surface area contributed by atoms with Crippen LogP contribution in [0, 0.1) is 11.6 Å². The highest BCUT2D eigenvalue weighted by molar-refractivity contribution is 7.90. The van der Waals surface area contributed by atoms with Crippen molar-refractivity contribution in [3.05, 3.63) is 23.3 Å².